The molecule has 0 aliphatic rings. The number of nitro groups is 1. The van der Waals surface area contributed by atoms with Gasteiger partial charge in [0.15, 0.2) is 0 Å². The Bertz CT molecular complexity index is 944. The summed E-state index contributed by atoms with van der Waals surface area (Å²) in [6, 6.07) is 15.1. The highest BCUT2D eigenvalue weighted by Gasteiger charge is 2.26. The summed E-state index contributed by atoms with van der Waals surface area (Å²) in [6.07, 6.45) is 1.33. The highest BCUT2D eigenvalue weighted by atomic mass is 16.6. The molecule has 26 heavy (non-hydrogen) atoms. The number of rotatable bonds is 5. The maximum atomic E-state index is 11.8. The van der Waals surface area contributed by atoms with Crippen molar-refractivity contribution in [2.24, 2.45) is 0 Å². The second-order valence-corrected chi connectivity index (χ2v) is 5.92. The molecule has 3 aromatic rings. The van der Waals surface area contributed by atoms with E-state index in [-0.39, 0.29) is 17.3 Å². The van der Waals surface area contributed by atoms with Crippen LogP contribution in [0, 0.1) is 24.0 Å². The van der Waals surface area contributed by atoms with Crippen molar-refractivity contribution < 1.29 is 4.92 Å². The van der Waals surface area contributed by atoms with Crippen LogP contribution in [0.5, 0.6) is 0 Å². The van der Waals surface area contributed by atoms with Crippen molar-refractivity contribution in [2.45, 2.75) is 13.8 Å². The molecule has 0 amide bonds. The molecule has 0 unspecified atom stereocenters. The van der Waals surface area contributed by atoms with Gasteiger partial charge in [-0.05, 0) is 43.2 Å². The molecule has 0 fully saturated rings. The third-order valence-corrected chi connectivity index (χ3v) is 4.30. The Balaban J connectivity index is 2.07. The van der Waals surface area contributed by atoms with E-state index in [4.69, 9.17) is 0 Å². The molecular formula is C19H19N5O2. The average molecular weight is 349 g/mol. The lowest BCUT2D eigenvalue weighted by atomic mass is 10.1. The molecule has 7 nitrogen and oxygen atoms in total. The molecule has 3 rings (SSSR count). The first-order chi connectivity index (χ1) is 12.5. The zero-order valence-electron chi connectivity index (χ0n) is 14.8. The number of hydrogen-bond donors (Lipinski definition) is 1. The summed E-state index contributed by atoms with van der Waals surface area (Å²) < 4.78 is 0. The van der Waals surface area contributed by atoms with Crippen LogP contribution in [0.1, 0.15) is 11.1 Å². The van der Waals surface area contributed by atoms with Crippen LogP contribution in [0.3, 0.4) is 0 Å². The molecule has 1 N–H and O–H groups in total. The molecule has 0 bridgehead atoms. The van der Waals surface area contributed by atoms with Crippen molar-refractivity contribution in [3.05, 3.63) is 76.1 Å². The summed E-state index contributed by atoms with van der Waals surface area (Å²) >= 11 is 0. The number of nitrogens with one attached hydrogen (secondary N) is 1. The van der Waals surface area contributed by atoms with E-state index in [2.05, 4.69) is 15.3 Å². The van der Waals surface area contributed by atoms with Gasteiger partial charge in [-0.2, -0.15) is 0 Å². The lowest BCUT2D eigenvalue weighted by molar-refractivity contribution is -0.383. The van der Waals surface area contributed by atoms with Gasteiger partial charge in [-0.15, -0.1) is 0 Å². The van der Waals surface area contributed by atoms with E-state index in [9.17, 15) is 10.1 Å². The third-order valence-electron chi connectivity index (χ3n) is 4.30. The Morgan fingerprint density at radius 3 is 2.46 bits per heavy atom. The van der Waals surface area contributed by atoms with Crippen molar-refractivity contribution in [3.8, 4) is 0 Å². The van der Waals surface area contributed by atoms with E-state index < -0.39 is 4.92 Å². The predicted octanol–water partition coefficient (Wildman–Crippen LogP) is 4.51. The summed E-state index contributed by atoms with van der Waals surface area (Å²) in [7, 11) is 1.74. The van der Waals surface area contributed by atoms with Crippen LogP contribution < -0.4 is 10.2 Å². The highest BCUT2D eigenvalue weighted by Crippen LogP contribution is 2.36. The molecule has 0 atom stereocenters. The number of hydrogen-bond acceptors (Lipinski definition) is 6. The number of para-hydroxylation sites is 1. The molecule has 2 aromatic carbocycles. The van der Waals surface area contributed by atoms with Gasteiger partial charge in [-0.1, -0.05) is 30.3 Å². The Labute approximate surface area is 151 Å². The van der Waals surface area contributed by atoms with Crippen molar-refractivity contribution >= 4 is 28.7 Å². The first-order valence-corrected chi connectivity index (χ1v) is 8.10. The Hall–Kier alpha value is -3.48. The van der Waals surface area contributed by atoms with Gasteiger partial charge in [-0.3, -0.25) is 10.1 Å². The van der Waals surface area contributed by atoms with E-state index in [0.717, 1.165) is 22.5 Å². The van der Waals surface area contributed by atoms with Gasteiger partial charge < -0.3 is 10.2 Å². The van der Waals surface area contributed by atoms with Crippen LogP contribution in [-0.4, -0.2) is 21.9 Å². The van der Waals surface area contributed by atoms with Crippen molar-refractivity contribution in [1.29, 1.82) is 0 Å². The van der Waals surface area contributed by atoms with Gasteiger partial charge in [0.25, 0.3) is 0 Å². The molecule has 0 aliphatic carbocycles. The van der Waals surface area contributed by atoms with Gasteiger partial charge in [0, 0.05) is 18.4 Å². The molecule has 132 valence electrons. The van der Waals surface area contributed by atoms with Crippen LogP contribution in [0.15, 0.2) is 54.9 Å². The zero-order chi connectivity index (χ0) is 18.7. The quantitative estimate of drug-likeness (QED) is 0.539. The van der Waals surface area contributed by atoms with Crippen LogP contribution >= 0.6 is 0 Å². The monoisotopic (exact) mass is 349 g/mol. The number of benzene rings is 2. The second kappa shape index (κ2) is 7.18. The Morgan fingerprint density at radius 2 is 1.77 bits per heavy atom. The molecule has 0 radical (unpaired) electrons. The fourth-order valence-corrected chi connectivity index (χ4v) is 2.66. The van der Waals surface area contributed by atoms with Gasteiger partial charge in [0.05, 0.1) is 4.92 Å². The van der Waals surface area contributed by atoms with Gasteiger partial charge in [0.1, 0.15) is 6.33 Å². The van der Waals surface area contributed by atoms with Crippen LogP contribution in [0.4, 0.5) is 28.7 Å². The Morgan fingerprint density at radius 1 is 1.04 bits per heavy atom. The average Bonchev–Trinajstić information content (AvgIpc) is 2.65. The van der Waals surface area contributed by atoms with Gasteiger partial charge >= 0.3 is 5.69 Å². The number of aromatic nitrogens is 2. The highest BCUT2D eigenvalue weighted by molar-refractivity contribution is 5.78. The fourth-order valence-electron chi connectivity index (χ4n) is 2.66. The lowest BCUT2D eigenvalue weighted by Gasteiger charge is -2.19. The minimum Gasteiger partial charge on any atom is -0.334 e. The Kier molecular flexibility index (Phi) is 4.79. The second-order valence-electron chi connectivity index (χ2n) is 5.92. The normalized spacial score (nSPS) is 10.4. The largest absolute Gasteiger partial charge is 0.354 e. The molecule has 0 aliphatic heterocycles. The zero-order valence-corrected chi connectivity index (χ0v) is 14.8. The molecule has 0 spiro atoms. The van der Waals surface area contributed by atoms with Crippen molar-refractivity contribution in [1.82, 2.24) is 9.97 Å². The summed E-state index contributed by atoms with van der Waals surface area (Å²) in [6.45, 7) is 3.95. The molecule has 1 heterocycles. The number of aryl methyl sites for hydroxylation is 1. The van der Waals surface area contributed by atoms with E-state index in [1.165, 1.54) is 6.33 Å². The van der Waals surface area contributed by atoms with E-state index >= 15 is 0 Å². The van der Waals surface area contributed by atoms with E-state index in [1.54, 1.807) is 11.9 Å². The topological polar surface area (TPSA) is 84.2 Å². The van der Waals surface area contributed by atoms with Gasteiger partial charge in [0.2, 0.25) is 11.6 Å². The SMILES string of the molecule is Cc1cccc(Nc2ncnc(N(C)c3ccccc3)c2[N+](=O)[O-])c1C. The van der Waals surface area contributed by atoms with E-state index in [0.29, 0.717) is 0 Å². The van der Waals surface area contributed by atoms with Crippen LogP contribution in [0.25, 0.3) is 0 Å². The first-order valence-electron chi connectivity index (χ1n) is 8.10. The smallest absolute Gasteiger partial charge is 0.334 e. The van der Waals surface area contributed by atoms with Gasteiger partial charge in [-0.25, -0.2) is 9.97 Å². The van der Waals surface area contributed by atoms with Crippen molar-refractivity contribution in [2.75, 3.05) is 17.3 Å². The first kappa shape index (κ1) is 17.3. The van der Waals surface area contributed by atoms with Crippen LogP contribution in [-0.2, 0) is 0 Å². The molecule has 1 aromatic heterocycles. The predicted molar refractivity (Wildman–Crippen MR) is 102 cm³/mol. The third kappa shape index (κ3) is 3.32. The van der Waals surface area contributed by atoms with Crippen molar-refractivity contribution in [3.63, 3.8) is 0 Å². The summed E-state index contributed by atoms with van der Waals surface area (Å²) in [5.41, 5.74) is 3.51. The standard InChI is InChI=1S/C19H19N5O2/c1-13-8-7-11-16(14(13)2)22-18-17(24(25)26)19(21-12-20-18)23(3)15-9-5-4-6-10-15/h4-12H,1-3H3,(H,20,21,22). The van der Waals surface area contributed by atoms with E-state index in [1.807, 2.05) is 62.4 Å². The number of anilines is 4. The summed E-state index contributed by atoms with van der Waals surface area (Å²) in [5.74, 6) is 0.389. The molecule has 7 heteroatoms. The molecular weight excluding hydrogens is 330 g/mol. The molecule has 0 saturated carbocycles. The maximum absolute atomic E-state index is 11.8. The lowest BCUT2D eigenvalue weighted by Crippen LogP contribution is -2.15. The fraction of sp³-hybridized carbons (Fsp3) is 0.158. The summed E-state index contributed by atoms with van der Waals surface area (Å²) in [4.78, 5) is 21.3. The summed E-state index contributed by atoms with van der Waals surface area (Å²) in [5, 5.41) is 14.9. The van der Waals surface area contributed by atoms with Crippen LogP contribution in [0.2, 0.25) is 0 Å². The minimum absolute atomic E-state index is 0.163. The number of nitrogens with zero attached hydrogens (tertiary/aromatic N) is 4. The maximum Gasteiger partial charge on any atom is 0.354 e. The minimum atomic E-state index is -0.456. The molecule has 0 saturated heterocycles.